The molecule has 1 aliphatic rings. The van der Waals surface area contributed by atoms with E-state index >= 15 is 0 Å². The molecule has 9 nitrogen and oxygen atoms in total. The minimum absolute atomic E-state index is 0.225. The lowest BCUT2D eigenvalue weighted by Crippen LogP contribution is -2.38. The molecule has 3 rings (SSSR count). The minimum Gasteiger partial charge on any atom is -0.462 e. The van der Waals surface area contributed by atoms with Crippen molar-refractivity contribution in [2.24, 2.45) is 5.92 Å². The maximum Gasteiger partial charge on any atom is 0.338 e. The SMILES string of the molecule is CC(=O)OC1O[C@H](COC(=O)c2ccccc2)[C@@H](COC(=O)c2ccccc2)[C@H]1OC(C)=O. The van der Waals surface area contributed by atoms with Crippen molar-refractivity contribution in [1.82, 2.24) is 0 Å². The van der Waals surface area contributed by atoms with Gasteiger partial charge in [0.15, 0.2) is 6.10 Å². The molecule has 1 saturated heterocycles. The van der Waals surface area contributed by atoms with Gasteiger partial charge in [0.2, 0.25) is 6.29 Å². The predicted molar refractivity (Wildman–Crippen MR) is 113 cm³/mol. The zero-order valence-electron chi connectivity index (χ0n) is 18.2. The first-order chi connectivity index (χ1) is 15.8. The van der Waals surface area contributed by atoms with Gasteiger partial charge in [0.1, 0.15) is 19.3 Å². The Labute approximate surface area is 190 Å². The van der Waals surface area contributed by atoms with Crippen LogP contribution in [0.15, 0.2) is 60.7 Å². The maximum atomic E-state index is 12.4. The van der Waals surface area contributed by atoms with Crippen molar-refractivity contribution in [2.45, 2.75) is 32.3 Å². The second kappa shape index (κ2) is 11.2. The van der Waals surface area contributed by atoms with Gasteiger partial charge in [-0.05, 0) is 24.3 Å². The Morgan fingerprint density at radius 3 is 1.70 bits per heavy atom. The highest BCUT2D eigenvalue weighted by Gasteiger charge is 2.50. The van der Waals surface area contributed by atoms with Crippen LogP contribution < -0.4 is 0 Å². The fraction of sp³-hybridized carbons (Fsp3) is 0.333. The fourth-order valence-electron chi connectivity index (χ4n) is 3.37. The normalized spacial score (nSPS) is 21.6. The molecular weight excluding hydrogens is 432 g/mol. The first kappa shape index (κ1) is 23.9. The van der Waals surface area contributed by atoms with E-state index in [0.717, 1.165) is 0 Å². The lowest BCUT2D eigenvalue weighted by Gasteiger charge is -2.23. The van der Waals surface area contributed by atoms with Gasteiger partial charge in [0.05, 0.1) is 17.0 Å². The van der Waals surface area contributed by atoms with Gasteiger partial charge in [-0.15, -0.1) is 0 Å². The molecule has 2 aromatic carbocycles. The zero-order valence-corrected chi connectivity index (χ0v) is 18.2. The molecule has 1 unspecified atom stereocenters. The Morgan fingerprint density at radius 1 is 0.727 bits per heavy atom. The summed E-state index contributed by atoms with van der Waals surface area (Å²) in [5.41, 5.74) is 0.680. The average molecular weight is 456 g/mol. The number of hydrogen-bond donors (Lipinski definition) is 0. The Balaban J connectivity index is 1.74. The van der Waals surface area contributed by atoms with Crippen LogP contribution in [0.3, 0.4) is 0 Å². The molecule has 33 heavy (non-hydrogen) atoms. The van der Waals surface area contributed by atoms with Gasteiger partial charge in [-0.3, -0.25) is 9.59 Å². The number of carbonyl (C=O) groups excluding carboxylic acids is 4. The van der Waals surface area contributed by atoms with E-state index in [0.29, 0.717) is 11.1 Å². The second-order valence-corrected chi connectivity index (χ2v) is 7.32. The molecule has 0 aromatic heterocycles. The van der Waals surface area contributed by atoms with Crippen LogP contribution in [0.5, 0.6) is 0 Å². The van der Waals surface area contributed by atoms with Crippen molar-refractivity contribution in [2.75, 3.05) is 13.2 Å². The van der Waals surface area contributed by atoms with E-state index in [1.165, 1.54) is 13.8 Å². The van der Waals surface area contributed by atoms with Crippen LogP contribution in [0.2, 0.25) is 0 Å². The Bertz CT molecular complexity index is 974. The molecule has 4 atom stereocenters. The van der Waals surface area contributed by atoms with E-state index in [-0.39, 0.29) is 13.2 Å². The molecule has 2 aromatic rings. The molecule has 9 heteroatoms. The number of esters is 4. The van der Waals surface area contributed by atoms with Crippen LogP contribution in [-0.2, 0) is 33.3 Å². The summed E-state index contributed by atoms with van der Waals surface area (Å²) >= 11 is 0. The van der Waals surface area contributed by atoms with Gasteiger partial charge >= 0.3 is 23.9 Å². The number of rotatable bonds is 8. The molecular formula is C24H24O9. The van der Waals surface area contributed by atoms with E-state index in [2.05, 4.69) is 0 Å². The summed E-state index contributed by atoms with van der Waals surface area (Å²) in [5, 5.41) is 0. The minimum atomic E-state index is -1.24. The third-order valence-corrected chi connectivity index (χ3v) is 4.87. The first-order valence-corrected chi connectivity index (χ1v) is 10.3. The summed E-state index contributed by atoms with van der Waals surface area (Å²) in [7, 11) is 0. The van der Waals surface area contributed by atoms with Crippen molar-refractivity contribution in [3.8, 4) is 0 Å². The van der Waals surface area contributed by atoms with Crippen LogP contribution in [0.25, 0.3) is 0 Å². The summed E-state index contributed by atoms with van der Waals surface area (Å²) in [6.07, 6.45) is -3.17. The van der Waals surface area contributed by atoms with Gasteiger partial charge < -0.3 is 23.7 Å². The second-order valence-electron chi connectivity index (χ2n) is 7.32. The maximum absolute atomic E-state index is 12.4. The van der Waals surface area contributed by atoms with Crippen molar-refractivity contribution in [3.63, 3.8) is 0 Å². The van der Waals surface area contributed by atoms with Crippen LogP contribution in [0.1, 0.15) is 34.6 Å². The number of ether oxygens (including phenoxy) is 5. The van der Waals surface area contributed by atoms with Crippen molar-refractivity contribution in [3.05, 3.63) is 71.8 Å². The van der Waals surface area contributed by atoms with Crippen LogP contribution in [-0.4, -0.2) is 55.6 Å². The van der Waals surface area contributed by atoms with Gasteiger partial charge in [0.25, 0.3) is 0 Å². The van der Waals surface area contributed by atoms with Gasteiger partial charge in [-0.25, -0.2) is 9.59 Å². The van der Waals surface area contributed by atoms with E-state index in [1.54, 1.807) is 60.7 Å². The third-order valence-electron chi connectivity index (χ3n) is 4.87. The fourth-order valence-corrected chi connectivity index (χ4v) is 3.37. The third kappa shape index (κ3) is 6.63. The Morgan fingerprint density at radius 2 is 1.21 bits per heavy atom. The zero-order chi connectivity index (χ0) is 23.8. The van der Waals surface area contributed by atoms with E-state index < -0.39 is 48.3 Å². The molecule has 1 fully saturated rings. The molecule has 0 amide bonds. The van der Waals surface area contributed by atoms with Crippen molar-refractivity contribution >= 4 is 23.9 Å². The largest absolute Gasteiger partial charge is 0.462 e. The highest BCUT2D eigenvalue weighted by molar-refractivity contribution is 5.89. The summed E-state index contributed by atoms with van der Waals surface area (Å²) < 4.78 is 27.0. The molecule has 174 valence electrons. The van der Waals surface area contributed by atoms with Crippen LogP contribution in [0, 0.1) is 5.92 Å². The van der Waals surface area contributed by atoms with Gasteiger partial charge in [-0.1, -0.05) is 36.4 Å². The Kier molecular flexibility index (Phi) is 8.15. The summed E-state index contributed by atoms with van der Waals surface area (Å²) in [4.78, 5) is 48.0. The Hall–Kier alpha value is -3.72. The van der Waals surface area contributed by atoms with Crippen molar-refractivity contribution < 1.29 is 42.9 Å². The molecule has 0 radical (unpaired) electrons. The standard InChI is InChI=1S/C24H24O9/c1-15(25)31-21-19(13-29-22(27)17-9-5-3-6-10-17)20(33-24(21)32-16(2)26)14-30-23(28)18-11-7-4-8-12-18/h3-12,19-21,24H,13-14H2,1-2H3/t19-,20-,21-,24?/m1/s1. The lowest BCUT2D eigenvalue weighted by molar-refractivity contribution is -0.195. The molecule has 0 saturated carbocycles. The number of hydrogen-bond acceptors (Lipinski definition) is 9. The molecule has 0 bridgehead atoms. The molecule has 1 aliphatic heterocycles. The van der Waals surface area contributed by atoms with Gasteiger partial charge in [-0.2, -0.15) is 0 Å². The molecule has 0 N–H and O–H groups in total. The summed E-state index contributed by atoms with van der Waals surface area (Å²) in [5.74, 6) is -3.22. The smallest absolute Gasteiger partial charge is 0.338 e. The molecule has 0 aliphatic carbocycles. The highest BCUT2D eigenvalue weighted by atomic mass is 16.7. The number of benzene rings is 2. The lowest BCUT2D eigenvalue weighted by atomic mass is 9.99. The van der Waals surface area contributed by atoms with Crippen molar-refractivity contribution in [1.29, 1.82) is 0 Å². The topological polar surface area (TPSA) is 114 Å². The van der Waals surface area contributed by atoms with Crippen LogP contribution >= 0.6 is 0 Å². The van der Waals surface area contributed by atoms with Crippen LogP contribution in [0.4, 0.5) is 0 Å². The van der Waals surface area contributed by atoms with E-state index in [1.807, 2.05) is 0 Å². The predicted octanol–water partition coefficient (Wildman–Crippen LogP) is 2.54. The quantitative estimate of drug-likeness (QED) is 0.437. The summed E-state index contributed by atoms with van der Waals surface area (Å²) in [6, 6.07) is 16.7. The van der Waals surface area contributed by atoms with Gasteiger partial charge in [0, 0.05) is 13.8 Å². The first-order valence-electron chi connectivity index (χ1n) is 10.3. The number of carbonyl (C=O) groups is 4. The highest BCUT2D eigenvalue weighted by Crippen LogP contribution is 2.32. The molecule has 1 heterocycles. The molecule has 0 spiro atoms. The average Bonchev–Trinajstić information content (AvgIpc) is 3.11. The summed E-state index contributed by atoms with van der Waals surface area (Å²) in [6.45, 7) is 1.91. The van der Waals surface area contributed by atoms with E-state index in [4.69, 9.17) is 23.7 Å². The monoisotopic (exact) mass is 456 g/mol. The van der Waals surface area contributed by atoms with E-state index in [9.17, 15) is 19.2 Å².